The number of aromatic amines is 1. The van der Waals surface area contributed by atoms with Crippen LogP contribution in [0.15, 0.2) is 60.8 Å². The Morgan fingerprint density at radius 3 is 2.54 bits per heavy atom. The van der Waals surface area contributed by atoms with Crippen LogP contribution in [-0.4, -0.2) is 16.0 Å². The van der Waals surface area contributed by atoms with Crippen molar-refractivity contribution >= 4 is 39.2 Å². The van der Waals surface area contributed by atoms with Gasteiger partial charge in [-0.3, -0.25) is 4.98 Å². The van der Waals surface area contributed by atoms with Crippen molar-refractivity contribution in [1.29, 1.82) is 0 Å². The van der Waals surface area contributed by atoms with Gasteiger partial charge >= 0.3 is 6.03 Å². The average Bonchev–Trinajstić information content (AvgIpc) is 2.94. The van der Waals surface area contributed by atoms with Crippen molar-refractivity contribution in [1.82, 2.24) is 9.97 Å². The molecule has 3 N–H and O–H groups in total. The molecular weight excluding hydrogens is 300 g/mol. The van der Waals surface area contributed by atoms with E-state index in [2.05, 4.69) is 26.7 Å². The smallest absolute Gasteiger partial charge is 0.323 e. The highest BCUT2D eigenvalue weighted by atomic mass is 16.2. The molecule has 0 saturated heterocycles. The molecule has 4 rings (SSSR count). The Bertz CT molecular complexity index is 1050. The molecule has 118 valence electrons. The molecule has 0 aliphatic heterocycles. The number of aromatic nitrogens is 2. The van der Waals surface area contributed by atoms with Gasteiger partial charge in [0.1, 0.15) is 0 Å². The maximum absolute atomic E-state index is 12.2. The van der Waals surface area contributed by atoms with Gasteiger partial charge in [-0.1, -0.05) is 6.07 Å². The fraction of sp³-hybridized carbons (Fsp3) is 0.0526. The van der Waals surface area contributed by atoms with Gasteiger partial charge in [-0.25, -0.2) is 4.79 Å². The van der Waals surface area contributed by atoms with Gasteiger partial charge in [0.25, 0.3) is 0 Å². The lowest BCUT2D eigenvalue weighted by atomic mass is 10.2. The first-order valence-electron chi connectivity index (χ1n) is 7.69. The van der Waals surface area contributed by atoms with Crippen LogP contribution >= 0.6 is 0 Å². The van der Waals surface area contributed by atoms with Gasteiger partial charge in [-0.05, 0) is 55.5 Å². The van der Waals surface area contributed by atoms with E-state index in [1.54, 1.807) is 6.20 Å². The van der Waals surface area contributed by atoms with Gasteiger partial charge < -0.3 is 15.6 Å². The zero-order chi connectivity index (χ0) is 16.5. The third kappa shape index (κ3) is 2.79. The molecule has 0 atom stereocenters. The molecule has 0 aliphatic carbocycles. The number of benzene rings is 2. The van der Waals surface area contributed by atoms with Crippen LogP contribution in [0.3, 0.4) is 0 Å². The molecule has 0 bridgehead atoms. The molecule has 0 aliphatic rings. The summed E-state index contributed by atoms with van der Waals surface area (Å²) in [6.45, 7) is 2.01. The van der Waals surface area contributed by atoms with Crippen LogP contribution in [0.1, 0.15) is 5.69 Å². The Labute approximate surface area is 138 Å². The van der Waals surface area contributed by atoms with E-state index < -0.39 is 0 Å². The fourth-order valence-corrected chi connectivity index (χ4v) is 2.80. The standard InChI is InChI=1S/C19H16N4O/c1-12-9-14-11-16(5-7-18(14)21-12)23-19(24)22-15-4-6-17-13(10-15)3-2-8-20-17/h2-11,21H,1H3,(H2,22,23,24). The van der Waals surface area contributed by atoms with Gasteiger partial charge in [-0.2, -0.15) is 0 Å². The van der Waals surface area contributed by atoms with Crippen LogP contribution in [0.4, 0.5) is 16.2 Å². The van der Waals surface area contributed by atoms with E-state index in [0.717, 1.165) is 38.9 Å². The first kappa shape index (κ1) is 14.3. The predicted octanol–water partition coefficient (Wildman–Crippen LogP) is 4.67. The number of carbonyl (C=O) groups is 1. The fourth-order valence-electron chi connectivity index (χ4n) is 2.80. The number of amides is 2. The number of urea groups is 1. The normalized spacial score (nSPS) is 10.9. The molecule has 5 nitrogen and oxygen atoms in total. The third-order valence-electron chi connectivity index (χ3n) is 3.87. The summed E-state index contributed by atoms with van der Waals surface area (Å²) in [6, 6.07) is 17.0. The molecule has 2 aromatic carbocycles. The average molecular weight is 316 g/mol. The number of carbonyl (C=O) groups excluding carboxylic acids is 1. The summed E-state index contributed by atoms with van der Waals surface area (Å²) >= 11 is 0. The van der Waals surface area contributed by atoms with E-state index in [0.29, 0.717) is 0 Å². The molecule has 0 radical (unpaired) electrons. The number of anilines is 2. The Balaban J connectivity index is 1.51. The summed E-state index contributed by atoms with van der Waals surface area (Å²) in [6.07, 6.45) is 1.75. The number of H-pyrrole nitrogens is 1. The van der Waals surface area contributed by atoms with Crippen LogP contribution < -0.4 is 10.6 Å². The van der Waals surface area contributed by atoms with Gasteiger partial charge in [0.15, 0.2) is 0 Å². The summed E-state index contributed by atoms with van der Waals surface area (Å²) in [5.74, 6) is 0. The SMILES string of the molecule is Cc1cc2cc(NC(=O)Nc3ccc4ncccc4c3)ccc2[nH]1. The lowest BCUT2D eigenvalue weighted by Crippen LogP contribution is -2.19. The van der Waals surface area contributed by atoms with Crippen molar-refractivity contribution in [2.75, 3.05) is 10.6 Å². The number of nitrogens with zero attached hydrogens (tertiary/aromatic N) is 1. The van der Waals surface area contributed by atoms with Gasteiger partial charge in [-0.15, -0.1) is 0 Å². The number of pyridine rings is 1. The molecule has 0 spiro atoms. The van der Waals surface area contributed by atoms with Crippen LogP contribution in [0.5, 0.6) is 0 Å². The van der Waals surface area contributed by atoms with Crippen molar-refractivity contribution in [3.63, 3.8) is 0 Å². The summed E-state index contributed by atoms with van der Waals surface area (Å²) in [7, 11) is 0. The molecule has 24 heavy (non-hydrogen) atoms. The molecule has 2 heterocycles. The van der Waals surface area contributed by atoms with Crippen molar-refractivity contribution in [2.24, 2.45) is 0 Å². The number of nitrogens with one attached hydrogen (secondary N) is 3. The van der Waals surface area contributed by atoms with Gasteiger partial charge in [0.2, 0.25) is 0 Å². The van der Waals surface area contributed by atoms with E-state index >= 15 is 0 Å². The minimum Gasteiger partial charge on any atom is -0.359 e. The number of hydrogen-bond acceptors (Lipinski definition) is 2. The zero-order valence-electron chi connectivity index (χ0n) is 13.1. The lowest BCUT2D eigenvalue weighted by Gasteiger charge is -2.08. The van der Waals surface area contributed by atoms with Crippen molar-refractivity contribution < 1.29 is 4.79 Å². The first-order valence-corrected chi connectivity index (χ1v) is 7.69. The topological polar surface area (TPSA) is 69.8 Å². The number of fused-ring (bicyclic) bond motifs is 2. The largest absolute Gasteiger partial charge is 0.359 e. The van der Waals surface area contributed by atoms with E-state index in [1.165, 1.54) is 0 Å². The Kier molecular flexibility index (Phi) is 3.39. The van der Waals surface area contributed by atoms with Crippen LogP contribution in [0.2, 0.25) is 0 Å². The van der Waals surface area contributed by atoms with E-state index in [4.69, 9.17) is 0 Å². The number of aryl methyl sites for hydroxylation is 1. The second kappa shape index (κ2) is 5.70. The molecular formula is C19H16N4O. The molecule has 5 heteroatoms. The molecule has 2 amide bonds. The zero-order valence-corrected chi connectivity index (χ0v) is 13.1. The van der Waals surface area contributed by atoms with Crippen molar-refractivity contribution in [2.45, 2.75) is 6.92 Å². The Morgan fingerprint density at radius 2 is 1.71 bits per heavy atom. The minimum absolute atomic E-state index is 0.273. The second-order valence-corrected chi connectivity index (χ2v) is 5.74. The van der Waals surface area contributed by atoms with E-state index in [-0.39, 0.29) is 6.03 Å². The van der Waals surface area contributed by atoms with E-state index in [9.17, 15) is 4.79 Å². The maximum Gasteiger partial charge on any atom is 0.323 e. The Hall–Kier alpha value is -3.34. The van der Waals surface area contributed by atoms with Crippen LogP contribution in [0, 0.1) is 6.92 Å². The number of rotatable bonds is 2. The summed E-state index contributed by atoms with van der Waals surface area (Å²) < 4.78 is 0. The minimum atomic E-state index is -0.273. The van der Waals surface area contributed by atoms with Crippen molar-refractivity contribution in [3.8, 4) is 0 Å². The maximum atomic E-state index is 12.2. The summed E-state index contributed by atoms with van der Waals surface area (Å²) in [5.41, 5.74) is 4.53. The van der Waals surface area contributed by atoms with E-state index in [1.807, 2.05) is 55.5 Å². The van der Waals surface area contributed by atoms with Gasteiger partial charge in [0.05, 0.1) is 5.52 Å². The van der Waals surface area contributed by atoms with Crippen molar-refractivity contribution in [3.05, 3.63) is 66.5 Å². The highest BCUT2D eigenvalue weighted by Crippen LogP contribution is 2.21. The highest BCUT2D eigenvalue weighted by molar-refractivity contribution is 6.02. The van der Waals surface area contributed by atoms with Crippen LogP contribution in [0.25, 0.3) is 21.8 Å². The van der Waals surface area contributed by atoms with Crippen LogP contribution in [-0.2, 0) is 0 Å². The lowest BCUT2D eigenvalue weighted by molar-refractivity contribution is 0.262. The summed E-state index contributed by atoms with van der Waals surface area (Å²) in [4.78, 5) is 19.7. The molecule has 0 fully saturated rings. The third-order valence-corrected chi connectivity index (χ3v) is 3.87. The Morgan fingerprint density at radius 1 is 0.958 bits per heavy atom. The van der Waals surface area contributed by atoms with Gasteiger partial charge in [0, 0.05) is 39.6 Å². The highest BCUT2D eigenvalue weighted by Gasteiger charge is 2.05. The molecule has 2 aromatic heterocycles. The molecule has 4 aromatic rings. The monoisotopic (exact) mass is 316 g/mol. The molecule has 0 unspecified atom stereocenters. The summed E-state index contributed by atoms with van der Waals surface area (Å²) in [5, 5.41) is 7.77. The predicted molar refractivity (Wildman–Crippen MR) is 97.4 cm³/mol. The number of hydrogen-bond donors (Lipinski definition) is 3. The molecule has 0 saturated carbocycles. The second-order valence-electron chi connectivity index (χ2n) is 5.74. The quantitative estimate of drug-likeness (QED) is 0.503. The first-order chi connectivity index (χ1) is 11.7.